The first-order valence-corrected chi connectivity index (χ1v) is 5.44. The van der Waals surface area contributed by atoms with E-state index in [9.17, 15) is 0 Å². The van der Waals surface area contributed by atoms with Crippen LogP contribution in [0.25, 0.3) is 0 Å². The van der Waals surface area contributed by atoms with Crippen molar-refractivity contribution in [2.45, 2.75) is 13.8 Å². The van der Waals surface area contributed by atoms with Crippen LogP contribution in [-0.4, -0.2) is 55.7 Å². The van der Waals surface area contributed by atoms with Gasteiger partial charge in [-0.3, -0.25) is 4.90 Å². The van der Waals surface area contributed by atoms with E-state index < -0.39 is 0 Å². The van der Waals surface area contributed by atoms with E-state index in [-0.39, 0.29) is 0 Å². The van der Waals surface area contributed by atoms with E-state index >= 15 is 0 Å². The minimum atomic E-state index is 0.888. The summed E-state index contributed by atoms with van der Waals surface area (Å²) < 4.78 is 5.31. The van der Waals surface area contributed by atoms with Gasteiger partial charge in [-0.2, -0.15) is 0 Å². The van der Waals surface area contributed by atoms with Crippen LogP contribution in [0.4, 0.5) is 0 Å². The summed E-state index contributed by atoms with van der Waals surface area (Å²) in [7, 11) is 0. The standard InChI is InChI=1S/C11H22N2O/c1-4-13(11(2)3)6-5-12-7-9-14-10-8-12/h2,4-10H2,1,3H3. The van der Waals surface area contributed by atoms with E-state index in [2.05, 4.69) is 30.2 Å². The molecule has 0 radical (unpaired) electrons. The van der Waals surface area contributed by atoms with Gasteiger partial charge in [-0.25, -0.2) is 0 Å². The Labute approximate surface area is 87.3 Å². The summed E-state index contributed by atoms with van der Waals surface area (Å²) in [5.41, 5.74) is 1.17. The van der Waals surface area contributed by atoms with Crippen molar-refractivity contribution < 1.29 is 4.74 Å². The van der Waals surface area contributed by atoms with Crippen LogP contribution >= 0.6 is 0 Å². The molecule has 1 heterocycles. The van der Waals surface area contributed by atoms with Crippen molar-refractivity contribution in [3.63, 3.8) is 0 Å². The summed E-state index contributed by atoms with van der Waals surface area (Å²) >= 11 is 0. The maximum atomic E-state index is 5.31. The van der Waals surface area contributed by atoms with Gasteiger partial charge in [0.05, 0.1) is 13.2 Å². The van der Waals surface area contributed by atoms with E-state index in [4.69, 9.17) is 4.74 Å². The third kappa shape index (κ3) is 3.68. The van der Waals surface area contributed by atoms with Crippen molar-refractivity contribution in [1.82, 2.24) is 9.80 Å². The zero-order valence-corrected chi connectivity index (χ0v) is 9.46. The molecule has 0 atom stereocenters. The Morgan fingerprint density at radius 3 is 2.57 bits per heavy atom. The average Bonchev–Trinajstić information content (AvgIpc) is 2.20. The fourth-order valence-electron chi connectivity index (χ4n) is 1.71. The lowest BCUT2D eigenvalue weighted by Crippen LogP contribution is -2.41. The molecule has 1 rings (SSSR count). The van der Waals surface area contributed by atoms with Crippen molar-refractivity contribution in [3.05, 3.63) is 12.3 Å². The molecule has 14 heavy (non-hydrogen) atoms. The Bertz CT molecular complexity index is 176. The first-order valence-electron chi connectivity index (χ1n) is 5.44. The molecule has 0 aromatic carbocycles. The highest BCUT2D eigenvalue weighted by Gasteiger charge is 2.11. The number of allylic oxidation sites excluding steroid dienone is 1. The molecule has 3 heteroatoms. The van der Waals surface area contributed by atoms with E-state index in [1.165, 1.54) is 5.70 Å². The minimum Gasteiger partial charge on any atom is -0.379 e. The maximum Gasteiger partial charge on any atom is 0.0594 e. The smallest absolute Gasteiger partial charge is 0.0594 e. The van der Waals surface area contributed by atoms with Crippen LogP contribution in [0.1, 0.15) is 13.8 Å². The lowest BCUT2D eigenvalue weighted by molar-refractivity contribution is 0.0350. The van der Waals surface area contributed by atoms with Crippen LogP contribution in [0.5, 0.6) is 0 Å². The number of morpholine rings is 1. The second kappa shape index (κ2) is 6.04. The van der Waals surface area contributed by atoms with E-state index in [0.29, 0.717) is 0 Å². The molecule has 0 aromatic rings. The minimum absolute atomic E-state index is 0.888. The number of ether oxygens (including phenoxy) is 1. The molecule has 0 saturated carbocycles. The molecule has 82 valence electrons. The summed E-state index contributed by atoms with van der Waals surface area (Å²) in [5, 5.41) is 0. The summed E-state index contributed by atoms with van der Waals surface area (Å²) in [4.78, 5) is 4.77. The third-order valence-electron chi connectivity index (χ3n) is 2.71. The van der Waals surface area contributed by atoms with Crippen LogP contribution in [0.3, 0.4) is 0 Å². The second-order valence-electron chi connectivity index (χ2n) is 3.77. The van der Waals surface area contributed by atoms with E-state index in [0.717, 1.165) is 45.9 Å². The molecule has 0 bridgehead atoms. The van der Waals surface area contributed by atoms with Crippen molar-refractivity contribution in [1.29, 1.82) is 0 Å². The van der Waals surface area contributed by atoms with Gasteiger partial charge in [-0.1, -0.05) is 6.58 Å². The van der Waals surface area contributed by atoms with Crippen LogP contribution in [-0.2, 0) is 4.74 Å². The monoisotopic (exact) mass is 198 g/mol. The van der Waals surface area contributed by atoms with Gasteiger partial charge in [-0.05, 0) is 13.8 Å². The van der Waals surface area contributed by atoms with Crippen LogP contribution in [0, 0.1) is 0 Å². The lowest BCUT2D eigenvalue weighted by Gasteiger charge is -2.30. The average molecular weight is 198 g/mol. The molecule has 0 unspecified atom stereocenters. The predicted molar refractivity (Wildman–Crippen MR) is 59.3 cm³/mol. The topological polar surface area (TPSA) is 15.7 Å². The van der Waals surface area contributed by atoms with Crippen LogP contribution < -0.4 is 0 Å². The molecule has 1 saturated heterocycles. The molecular weight excluding hydrogens is 176 g/mol. The molecule has 1 aliphatic heterocycles. The normalized spacial score (nSPS) is 18.1. The van der Waals surface area contributed by atoms with Gasteiger partial charge < -0.3 is 9.64 Å². The number of likely N-dealkylation sites (N-methyl/N-ethyl adjacent to an activating group) is 1. The predicted octanol–water partition coefficient (Wildman–Crippen LogP) is 1.17. The number of hydrogen-bond donors (Lipinski definition) is 0. The van der Waals surface area contributed by atoms with Crippen molar-refractivity contribution in [2.75, 3.05) is 45.9 Å². The summed E-state index contributed by atoms with van der Waals surface area (Å²) in [6.07, 6.45) is 0. The molecule has 0 aliphatic carbocycles. The van der Waals surface area contributed by atoms with Crippen LogP contribution in [0.15, 0.2) is 12.3 Å². The van der Waals surface area contributed by atoms with Crippen LogP contribution in [0.2, 0.25) is 0 Å². The SMILES string of the molecule is C=C(C)N(CC)CCN1CCOCC1. The Morgan fingerprint density at radius 2 is 2.07 bits per heavy atom. The first kappa shape index (κ1) is 11.5. The molecular formula is C11H22N2O. The summed E-state index contributed by atoms with van der Waals surface area (Å²) in [6, 6.07) is 0. The van der Waals surface area contributed by atoms with Gasteiger partial charge in [0.25, 0.3) is 0 Å². The van der Waals surface area contributed by atoms with Crippen molar-refractivity contribution in [3.8, 4) is 0 Å². The third-order valence-corrected chi connectivity index (χ3v) is 2.71. The van der Waals surface area contributed by atoms with Gasteiger partial charge in [0.2, 0.25) is 0 Å². The Kier molecular flexibility index (Phi) is 4.98. The van der Waals surface area contributed by atoms with E-state index in [1.54, 1.807) is 0 Å². The quantitative estimate of drug-likeness (QED) is 0.659. The highest BCUT2D eigenvalue weighted by molar-refractivity contribution is 4.88. The zero-order chi connectivity index (χ0) is 10.4. The molecule has 1 fully saturated rings. The molecule has 0 amide bonds. The number of nitrogens with zero attached hydrogens (tertiary/aromatic N) is 2. The number of rotatable bonds is 5. The van der Waals surface area contributed by atoms with Crippen molar-refractivity contribution >= 4 is 0 Å². The Hall–Kier alpha value is -0.540. The largest absolute Gasteiger partial charge is 0.379 e. The summed E-state index contributed by atoms with van der Waals surface area (Å²) in [6.45, 7) is 15.4. The maximum absolute atomic E-state index is 5.31. The van der Waals surface area contributed by atoms with Gasteiger partial charge >= 0.3 is 0 Å². The molecule has 3 nitrogen and oxygen atoms in total. The second-order valence-corrected chi connectivity index (χ2v) is 3.77. The lowest BCUT2D eigenvalue weighted by atomic mass is 10.3. The van der Waals surface area contributed by atoms with Crippen molar-refractivity contribution in [2.24, 2.45) is 0 Å². The highest BCUT2D eigenvalue weighted by atomic mass is 16.5. The summed E-state index contributed by atoms with van der Waals surface area (Å²) in [5.74, 6) is 0. The van der Waals surface area contributed by atoms with Gasteiger partial charge in [0, 0.05) is 38.4 Å². The first-order chi connectivity index (χ1) is 6.74. The molecule has 0 N–H and O–H groups in total. The molecule has 0 aromatic heterocycles. The van der Waals surface area contributed by atoms with Gasteiger partial charge in [0.1, 0.15) is 0 Å². The number of hydrogen-bond acceptors (Lipinski definition) is 3. The zero-order valence-electron chi connectivity index (χ0n) is 9.46. The Morgan fingerprint density at radius 1 is 1.43 bits per heavy atom. The van der Waals surface area contributed by atoms with Gasteiger partial charge in [-0.15, -0.1) is 0 Å². The molecule has 0 spiro atoms. The van der Waals surface area contributed by atoms with E-state index in [1.807, 2.05) is 0 Å². The fraction of sp³-hybridized carbons (Fsp3) is 0.818. The fourth-order valence-corrected chi connectivity index (χ4v) is 1.71. The molecule has 1 aliphatic rings. The Balaban J connectivity index is 2.20. The highest BCUT2D eigenvalue weighted by Crippen LogP contribution is 2.02. The van der Waals surface area contributed by atoms with Gasteiger partial charge in [0.15, 0.2) is 0 Å².